The Morgan fingerprint density at radius 3 is 1.11 bits per heavy atom. The first-order chi connectivity index (χ1) is 16.2. The summed E-state index contributed by atoms with van der Waals surface area (Å²) in [6, 6.07) is -2.55. The van der Waals surface area contributed by atoms with Crippen molar-refractivity contribution in [2.75, 3.05) is 45.8 Å². The summed E-state index contributed by atoms with van der Waals surface area (Å²) in [6.07, 6.45) is 0.812. The van der Waals surface area contributed by atoms with E-state index in [0.717, 1.165) is 9.80 Å². The largest absolute Gasteiger partial charge is 0.549 e. The molecule has 13 heteroatoms. The minimum atomic E-state index is -1.53. The highest BCUT2D eigenvalue weighted by Crippen LogP contribution is 2.16. The minimum Gasteiger partial charge on any atom is -0.549 e. The zero-order chi connectivity index (χ0) is 27.3. The van der Waals surface area contributed by atoms with Crippen LogP contribution in [0.4, 0.5) is 0 Å². The van der Waals surface area contributed by atoms with E-state index in [1.54, 1.807) is 27.7 Å². The molecule has 0 aromatic carbocycles. The van der Waals surface area contributed by atoms with Gasteiger partial charge >= 0.3 is 0 Å². The van der Waals surface area contributed by atoms with E-state index in [1.807, 2.05) is 0 Å². The van der Waals surface area contributed by atoms with Crippen LogP contribution in [0.2, 0.25) is 0 Å². The van der Waals surface area contributed by atoms with Crippen LogP contribution in [0.1, 0.15) is 40.5 Å². The van der Waals surface area contributed by atoms with Crippen LogP contribution < -0.4 is 25.5 Å². The molecule has 0 saturated carbocycles. The molecule has 0 aliphatic carbocycles. The highest BCUT2D eigenvalue weighted by Gasteiger charge is 2.27. The smallest absolute Gasteiger partial charge is 0.0589 e. The van der Waals surface area contributed by atoms with E-state index in [2.05, 4.69) is 0 Å². The lowest BCUT2D eigenvalue weighted by atomic mass is 9.97. The number of carbonyl (C=O) groups excluding carboxylic acids is 5. The molecule has 0 aliphatic rings. The second-order valence-electron chi connectivity index (χ2n) is 8.63. The van der Waals surface area contributed by atoms with E-state index in [-0.39, 0.29) is 26.2 Å². The number of carbonyl (C=O) groups is 5. The van der Waals surface area contributed by atoms with Crippen molar-refractivity contribution in [3.05, 3.63) is 0 Å². The van der Waals surface area contributed by atoms with Gasteiger partial charge in [-0.1, -0.05) is 40.5 Å². The highest BCUT2D eigenvalue weighted by molar-refractivity contribution is 5.74. The Kier molecular flexibility index (Phi) is 14.7. The average molecular weight is 501 g/mol. The van der Waals surface area contributed by atoms with Gasteiger partial charge in [-0.15, -0.1) is 0 Å². The first-order valence-electron chi connectivity index (χ1n) is 11.5. The van der Waals surface area contributed by atoms with Gasteiger partial charge in [0.1, 0.15) is 0 Å². The summed E-state index contributed by atoms with van der Waals surface area (Å²) in [5, 5.41) is 57.0. The number of hydrogen-bond acceptors (Lipinski definition) is 13. The lowest BCUT2D eigenvalue weighted by Crippen LogP contribution is -2.57. The molecular weight excluding hydrogens is 466 g/mol. The van der Waals surface area contributed by atoms with Crippen molar-refractivity contribution in [3.8, 4) is 0 Å². The summed E-state index contributed by atoms with van der Waals surface area (Å²) >= 11 is 0. The fourth-order valence-corrected chi connectivity index (χ4v) is 3.89. The Bertz CT molecular complexity index is 680. The Labute approximate surface area is 204 Å². The molecule has 13 nitrogen and oxygen atoms in total. The van der Waals surface area contributed by atoms with Gasteiger partial charge in [0.15, 0.2) is 0 Å². The number of aliphatic carboxylic acids is 5. The molecular formula is C22H34N3O10-5. The van der Waals surface area contributed by atoms with E-state index in [4.69, 9.17) is 0 Å². The van der Waals surface area contributed by atoms with Crippen molar-refractivity contribution in [2.24, 2.45) is 11.8 Å². The quantitative estimate of drug-likeness (QED) is 0.152. The molecule has 0 aliphatic heterocycles. The molecule has 0 amide bonds. The van der Waals surface area contributed by atoms with E-state index in [0.29, 0.717) is 12.8 Å². The summed E-state index contributed by atoms with van der Waals surface area (Å²) in [5.41, 5.74) is 0. The van der Waals surface area contributed by atoms with Gasteiger partial charge in [-0.3, -0.25) is 14.7 Å². The molecule has 0 N–H and O–H groups in total. The maximum Gasteiger partial charge on any atom is 0.0589 e. The molecule has 202 valence electrons. The van der Waals surface area contributed by atoms with Crippen molar-refractivity contribution in [2.45, 2.75) is 52.6 Å². The minimum absolute atomic E-state index is 0.139. The van der Waals surface area contributed by atoms with Crippen molar-refractivity contribution in [3.63, 3.8) is 0 Å². The van der Waals surface area contributed by atoms with Crippen LogP contribution >= 0.6 is 0 Å². The molecule has 0 heterocycles. The van der Waals surface area contributed by atoms with Gasteiger partial charge in [-0.05, 0) is 11.8 Å². The molecule has 0 fully saturated rings. The topological polar surface area (TPSA) is 210 Å². The number of hydrogen-bond donors (Lipinski definition) is 0. The first kappa shape index (κ1) is 32.2. The van der Waals surface area contributed by atoms with Crippen LogP contribution in [-0.2, 0) is 24.0 Å². The van der Waals surface area contributed by atoms with E-state index < -0.39 is 73.4 Å². The summed E-state index contributed by atoms with van der Waals surface area (Å²) in [6.45, 7) is 3.87. The van der Waals surface area contributed by atoms with Crippen molar-refractivity contribution in [1.29, 1.82) is 0 Å². The second-order valence-corrected chi connectivity index (χ2v) is 8.63. The Balaban J connectivity index is 5.70. The standard InChI is InChI=1S/C22H39N3O10/c1-5-14(3)19(21(32)33)24(12-17(28)29)9-7-23(11-16(26)27)8-10-25(13-18(30)31)20(22(34)35)15(4)6-2/h14-15,19-20H,5-13H2,1-4H3,(H,26,27)(H,28,29)(H,30,31)(H,32,33)(H,34,35)/p-5. The van der Waals surface area contributed by atoms with Gasteiger partial charge in [-0.25, -0.2) is 0 Å². The lowest BCUT2D eigenvalue weighted by Gasteiger charge is -2.39. The van der Waals surface area contributed by atoms with Gasteiger partial charge in [0.25, 0.3) is 0 Å². The van der Waals surface area contributed by atoms with Crippen molar-refractivity contribution < 1.29 is 49.5 Å². The Hall–Kier alpha value is -2.77. The van der Waals surface area contributed by atoms with E-state index in [1.165, 1.54) is 4.90 Å². The molecule has 35 heavy (non-hydrogen) atoms. The van der Waals surface area contributed by atoms with Gasteiger partial charge < -0.3 is 49.5 Å². The zero-order valence-corrected chi connectivity index (χ0v) is 20.6. The number of carboxylic acids is 5. The monoisotopic (exact) mass is 500 g/mol. The summed E-state index contributed by atoms with van der Waals surface area (Å²) in [5.74, 6) is -8.48. The molecule has 0 bridgehead atoms. The lowest BCUT2D eigenvalue weighted by molar-refractivity contribution is -0.318. The number of nitrogens with zero attached hydrogens (tertiary/aromatic N) is 3. The van der Waals surface area contributed by atoms with Gasteiger partial charge in [0.05, 0.1) is 41.9 Å². The first-order valence-corrected chi connectivity index (χ1v) is 11.5. The predicted octanol–water partition coefficient (Wildman–Crippen LogP) is -6.53. The third kappa shape index (κ3) is 12.0. The zero-order valence-electron chi connectivity index (χ0n) is 20.6. The summed E-state index contributed by atoms with van der Waals surface area (Å²) in [4.78, 5) is 60.5. The van der Waals surface area contributed by atoms with E-state index >= 15 is 0 Å². The van der Waals surface area contributed by atoms with Crippen LogP contribution in [0.25, 0.3) is 0 Å². The van der Waals surface area contributed by atoms with E-state index in [9.17, 15) is 49.5 Å². The maximum atomic E-state index is 11.7. The van der Waals surface area contributed by atoms with Gasteiger partial charge in [0, 0.05) is 45.8 Å². The number of rotatable bonds is 20. The Morgan fingerprint density at radius 1 is 0.571 bits per heavy atom. The number of carboxylic acid groups (broad SMARTS) is 5. The fraction of sp³-hybridized carbons (Fsp3) is 0.773. The molecule has 0 spiro atoms. The summed E-state index contributed by atoms with van der Waals surface area (Å²) in [7, 11) is 0. The third-order valence-electron chi connectivity index (χ3n) is 6.06. The molecule has 0 saturated heterocycles. The molecule has 0 aromatic rings. The predicted molar refractivity (Wildman–Crippen MR) is 111 cm³/mol. The second kappa shape index (κ2) is 16.0. The highest BCUT2D eigenvalue weighted by atomic mass is 16.4. The summed E-state index contributed by atoms with van der Waals surface area (Å²) < 4.78 is 0. The van der Waals surface area contributed by atoms with Gasteiger partial charge in [-0.2, -0.15) is 0 Å². The molecule has 0 aromatic heterocycles. The van der Waals surface area contributed by atoms with Crippen LogP contribution in [0.3, 0.4) is 0 Å². The average Bonchev–Trinajstić information content (AvgIpc) is 2.73. The maximum absolute atomic E-state index is 11.7. The molecule has 4 atom stereocenters. The van der Waals surface area contributed by atoms with Gasteiger partial charge in [0.2, 0.25) is 0 Å². The molecule has 0 rings (SSSR count). The molecule has 4 unspecified atom stereocenters. The van der Waals surface area contributed by atoms with Crippen LogP contribution in [0, 0.1) is 11.8 Å². The van der Waals surface area contributed by atoms with Crippen LogP contribution in [0.15, 0.2) is 0 Å². The third-order valence-corrected chi connectivity index (χ3v) is 6.06. The fourth-order valence-electron chi connectivity index (χ4n) is 3.89. The van der Waals surface area contributed by atoms with Crippen LogP contribution in [0.5, 0.6) is 0 Å². The van der Waals surface area contributed by atoms with Crippen molar-refractivity contribution >= 4 is 29.8 Å². The Morgan fingerprint density at radius 2 is 0.886 bits per heavy atom. The van der Waals surface area contributed by atoms with Crippen LogP contribution in [-0.4, -0.2) is 102 Å². The molecule has 0 radical (unpaired) electrons. The normalized spacial score (nSPS) is 15.1. The SMILES string of the molecule is CCC(C)C(C(=O)[O-])N(CCN(CCN(CC(=O)[O-])C(C(=O)[O-])C(C)CC)CC(=O)[O-])CC(=O)[O-]. The van der Waals surface area contributed by atoms with Crippen molar-refractivity contribution in [1.82, 2.24) is 14.7 Å².